The topological polar surface area (TPSA) is 58.9 Å². The highest BCUT2D eigenvalue weighted by Gasteiger charge is 2.06. The third kappa shape index (κ3) is 4.91. The summed E-state index contributed by atoms with van der Waals surface area (Å²) in [6.45, 7) is 0.788. The molecule has 0 spiro atoms. The maximum Gasteiger partial charge on any atom is 0.123 e. The summed E-state index contributed by atoms with van der Waals surface area (Å²) in [6.07, 6.45) is -0.707. The summed E-state index contributed by atoms with van der Waals surface area (Å²) in [7, 11) is 0. The zero-order valence-corrected chi connectivity index (χ0v) is 11.1. The minimum absolute atomic E-state index is 0.123. The number of ether oxygens (including phenoxy) is 2. The highest BCUT2D eigenvalue weighted by atomic mass is 16.5. The van der Waals surface area contributed by atoms with E-state index in [9.17, 15) is 10.2 Å². The first-order chi connectivity index (χ1) is 9.74. The average molecular weight is 274 g/mol. The highest BCUT2D eigenvalue weighted by Crippen LogP contribution is 2.17. The zero-order chi connectivity index (χ0) is 14.2. The molecule has 0 heterocycles. The van der Waals surface area contributed by atoms with Gasteiger partial charge in [-0.2, -0.15) is 0 Å². The Balaban J connectivity index is 1.67. The number of phenols is 1. The molecule has 0 saturated heterocycles. The molecule has 0 aliphatic heterocycles. The van der Waals surface area contributed by atoms with Crippen LogP contribution in [0.25, 0.3) is 0 Å². The van der Waals surface area contributed by atoms with Crippen LogP contribution in [-0.2, 0) is 11.3 Å². The summed E-state index contributed by atoms with van der Waals surface area (Å²) in [5, 5.41) is 19.0. The van der Waals surface area contributed by atoms with Gasteiger partial charge in [-0.05, 0) is 17.7 Å². The van der Waals surface area contributed by atoms with Gasteiger partial charge < -0.3 is 19.7 Å². The number of aliphatic hydroxyl groups is 1. The first kappa shape index (κ1) is 14.4. The lowest BCUT2D eigenvalue weighted by Crippen LogP contribution is -2.23. The van der Waals surface area contributed by atoms with Gasteiger partial charge in [-0.15, -0.1) is 0 Å². The van der Waals surface area contributed by atoms with Crippen LogP contribution in [0.15, 0.2) is 54.6 Å². The molecule has 0 fully saturated rings. The van der Waals surface area contributed by atoms with E-state index in [0.717, 1.165) is 5.56 Å². The van der Waals surface area contributed by atoms with Crippen LogP contribution in [0.1, 0.15) is 5.56 Å². The molecule has 0 radical (unpaired) electrons. The zero-order valence-electron chi connectivity index (χ0n) is 11.1. The van der Waals surface area contributed by atoms with Gasteiger partial charge in [-0.25, -0.2) is 0 Å². The van der Waals surface area contributed by atoms with Crippen molar-refractivity contribution in [3.63, 3.8) is 0 Å². The minimum Gasteiger partial charge on any atom is -0.508 e. The van der Waals surface area contributed by atoms with Crippen molar-refractivity contribution in [1.82, 2.24) is 0 Å². The van der Waals surface area contributed by atoms with Crippen LogP contribution in [0.4, 0.5) is 0 Å². The van der Waals surface area contributed by atoms with Crippen LogP contribution < -0.4 is 4.74 Å². The number of hydrogen-bond acceptors (Lipinski definition) is 4. The van der Waals surface area contributed by atoms with E-state index in [1.54, 1.807) is 18.2 Å². The van der Waals surface area contributed by atoms with E-state index in [1.807, 2.05) is 30.3 Å². The molecule has 0 aliphatic rings. The van der Waals surface area contributed by atoms with Crippen molar-refractivity contribution >= 4 is 0 Å². The highest BCUT2D eigenvalue weighted by molar-refractivity contribution is 5.31. The molecule has 1 unspecified atom stereocenters. The Bertz CT molecular complexity index is 513. The monoisotopic (exact) mass is 274 g/mol. The fourth-order valence-electron chi connectivity index (χ4n) is 1.70. The van der Waals surface area contributed by atoms with Gasteiger partial charge in [0.15, 0.2) is 0 Å². The molecule has 4 nitrogen and oxygen atoms in total. The van der Waals surface area contributed by atoms with Gasteiger partial charge in [-0.1, -0.05) is 36.4 Å². The molecule has 4 heteroatoms. The van der Waals surface area contributed by atoms with Gasteiger partial charge in [0.1, 0.15) is 24.2 Å². The SMILES string of the molecule is Oc1cccc(OCC(O)COCc2ccccc2)c1. The number of hydrogen-bond donors (Lipinski definition) is 2. The van der Waals surface area contributed by atoms with Gasteiger partial charge in [0.2, 0.25) is 0 Å². The second-order valence-corrected chi connectivity index (χ2v) is 4.46. The lowest BCUT2D eigenvalue weighted by Gasteiger charge is -2.13. The Hall–Kier alpha value is -2.04. The predicted molar refractivity (Wildman–Crippen MR) is 75.7 cm³/mol. The first-order valence-electron chi connectivity index (χ1n) is 6.45. The van der Waals surface area contributed by atoms with Crippen LogP contribution >= 0.6 is 0 Å². The molecule has 0 aliphatic carbocycles. The number of rotatable bonds is 7. The van der Waals surface area contributed by atoms with Crippen LogP contribution in [0.2, 0.25) is 0 Å². The first-order valence-corrected chi connectivity index (χ1v) is 6.45. The van der Waals surface area contributed by atoms with Crippen molar-refractivity contribution < 1.29 is 19.7 Å². The predicted octanol–water partition coefficient (Wildman–Crippen LogP) is 2.35. The standard InChI is InChI=1S/C16H18O4/c17-14-7-4-8-16(9-14)20-12-15(18)11-19-10-13-5-2-1-3-6-13/h1-9,15,17-18H,10-12H2. The number of aromatic hydroxyl groups is 1. The third-order valence-electron chi connectivity index (χ3n) is 2.68. The van der Waals surface area contributed by atoms with Gasteiger partial charge >= 0.3 is 0 Å². The smallest absolute Gasteiger partial charge is 0.123 e. The van der Waals surface area contributed by atoms with E-state index in [2.05, 4.69) is 0 Å². The van der Waals surface area contributed by atoms with Crippen molar-refractivity contribution in [1.29, 1.82) is 0 Å². The van der Waals surface area contributed by atoms with Gasteiger partial charge in [0.25, 0.3) is 0 Å². The second kappa shape index (κ2) is 7.53. The largest absolute Gasteiger partial charge is 0.508 e. The van der Waals surface area contributed by atoms with Crippen molar-refractivity contribution in [2.24, 2.45) is 0 Å². The molecular weight excluding hydrogens is 256 g/mol. The summed E-state index contributed by atoms with van der Waals surface area (Å²) in [5.74, 6) is 0.657. The molecule has 20 heavy (non-hydrogen) atoms. The molecule has 106 valence electrons. The number of phenolic OH excluding ortho intramolecular Hbond substituents is 1. The molecule has 2 rings (SSSR count). The number of benzene rings is 2. The van der Waals surface area contributed by atoms with Crippen molar-refractivity contribution in [2.45, 2.75) is 12.7 Å². The molecule has 0 aromatic heterocycles. The quantitative estimate of drug-likeness (QED) is 0.813. The van der Waals surface area contributed by atoms with E-state index in [4.69, 9.17) is 9.47 Å². The van der Waals surface area contributed by atoms with E-state index in [0.29, 0.717) is 12.4 Å². The van der Waals surface area contributed by atoms with Crippen LogP contribution in [0.3, 0.4) is 0 Å². The van der Waals surface area contributed by atoms with E-state index in [1.165, 1.54) is 6.07 Å². The van der Waals surface area contributed by atoms with E-state index in [-0.39, 0.29) is 19.0 Å². The average Bonchev–Trinajstić information content (AvgIpc) is 2.46. The molecule has 2 N–H and O–H groups in total. The van der Waals surface area contributed by atoms with Crippen molar-refractivity contribution in [2.75, 3.05) is 13.2 Å². The molecule has 0 saturated carbocycles. The summed E-state index contributed by atoms with van der Waals surface area (Å²) in [6, 6.07) is 16.2. The summed E-state index contributed by atoms with van der Waals surface area (Å²) in [4.78, 5) is 0. The molecule has 0 amide bonds. The Kier molecular flexibility index (Phi) is 5.41. The van der Waals surface area contributed by atoms with Crippen LogP contribution in [0.5, 0.6) is 11.5 Å². The Labute approximate surface area is 118 Å². The maximum absolute atomic E-state index is 9.75. The molecule has 0 bridgehead atoms. The van der Waals surface area contributed by atoms with Crippen molar-refractivity contribution in [3.8, 4) is 11.5 Å². The van der Waals surface area contributed by atoms with Crippen LogP contribution in [0, 0.1) is 0 Å². The maximum atomic E-state index is 9.75. The Morgan fingerprint density at radius 1 is 0.950 bits per heavy atom. The lowest BCUT2D eigenvalue weighted by atomic mass is 10.2. The van der Waals surface area contributed by atoms with E-state index < -0.39 is 6.10 Å². The summed E-state index contributed by atoms with van der Waals surface area (Å²) < 4.78 is 10.8. The summed E-state index contributed by atoms with van der Waals surface area (Å²) in [5.41, 5.74) is 1.06. The number of aliphatic hydroxyl groups excluding tert-OH is 1. The van der Waals surface area contributed by atoms with Gasteiger partial charge in [-0.3, -0.25) is 0 Å². The fraction of sp³-hybridized carbons (Fsp3) is 0.250. The Morgan fingerprint density at radius 2 is 1.75 bits per heavy atom. The van der Waals surface area contributed by atoms with Gasteiger partial charge in [0.05, 0.1) is 13.2 Å². The third-order valence-corrected chi connectivity index (χ3v) is 2.68. The molecule has 2 aromatic carbocycles. The van der Waals surface area contributed by atoms with Crippen molar-refractivity contribution in [3.05, 3.63) is 60.2 Å². The van der Waals surface area contributed by atoms with E-state index >= 15 is 0 Å². The van der Waals surface area contributed by atoms with Crippen LogP contribution in [-0.4, -0.2) is 29.5 Å². The second-order valence-electron chi connectivity index (χ2n) is 4.46. The minimum atomic E-state index is -0.707. The Morgan fingerprint density at radius 3 is 2.50 bits per heavy atom. The molecule has 2 aromatic rings. The summed E-state index contributed by atoms with van der Waals surface area (Å²) >= 11 is 0. The molecular formula is C16H18O4. The molecule has 1 atom stereocenters. The normalized spacial score (nSPS) is 12.1. The lowest BCUT2D eigenvalue weighted by molar-refractivity contribution is 0.00546. The van der Waals surface area contributed by atoms with Gasteiger partial charge in [0, 0.05) is 6.07 Å². The fourth-order valence-corrected chi connectivity index (χ4v) is 1.70.